The third-order valence-electron chi connectivity index (χ3n) is 3.63. The van der Waals surface area contributed by atoms with Crippen LogP contribution in [-0.2, 0) is 14.8 Å². The number of sulfonamides is 1. The lowest BCUT2D eigenvalue weighted by Gasteiger charge is -2.21. The third kappa shape index (κ3) is 5.96. The largest absolute Gasteiger partial charge is 0.497 e. The number of nitrogens with zero attached hydrogens (tertiary/aromatic N) is 2. The first-order valence-electron chi connectivity index (χ1n) is 8.02. The zero-order chi connectivity index (χ0) is 20.7. The predicted molar refractivity (Wildman–Crippen MR) is 112 cm³/mol. The number of ether oxygens (including phenoxy) is 2. The minimum absolute atomic E-state index is 0.374. The zero-order valence-electron chi connectivity index (χ0n) is 15.5. The normalized spacial score (nSPS) is 11.3. The fraction of sp³-hybridized carbons (Fsp3) is 0.222. The number of nitrogens with one attached hydrogen (secondary N) is 1. The Bertz CT molecular complexity index is 962. The second kappa shape index (κ2) is 9.56. The van der Waals surface area contributed by atoms with Crippen LogP contribution in [0.25, 0.3) is 0 Å². The second-order valence-electron chi connectivity index (χ2n) is 5.65. The van der Waals surface area contributed by atoms with E-state index in [9.17, 15) is 13.2 Å². The molecule has 1 N–H and O–H groups in total. The van der Waals surface area contributed by atoms with E-state index >= 15 is 0 Å². The van der Waals surface area contributed by atoms with E-state index in [-0.39, 0.29) is 0 Å². The molecule has 0 aliphatic rings. The van der Waals surface area contributed by atoms with Gasteiger partial charge in [0.1, 0.15) is 18.0 Å². The van der Waals surface area contributed by atoms with E-state index in [1.807, 2.05) is 0 Å². The van der Waals surface area contributed by atoms with Crippen molar-refractivity contribution in [3.05, 3.63) is 52.5 Å². The van der Waals surface area contributed by atoms with Crippen LogP contribution in [0.4, 0.5) is 5.69 Å². The van der Waals surface area contributed by atoms with E-state index in [4.69, 9.17) is 9.47 Å². The van der Waals surface area contributed by atoms with Crippen molar-refractivity contribution in [2.24, 2.45) is 5.10 Å². The summed E-state index contributed by atoms with van der Waals surface area (Å²) in [4.78, 5) is 12.2. The van der Waals surface area contributed by atoms with E-state index in [2.05, 4.69) is 26.5 Å². The van der Waals surface area contributed by atoms with Crippen molar-refractivity contribution >= 4 is 43.8 Å². The molecule has 8 nitrogen and oxygen atoms in total. The molecule has 2 aromatic rings. The Balaban J connectivity index is 2.11. The molecule has 0 saturated heterocycles. The van der Waals surface area contributed by atoms with Crippen LogP contribution in [0.2, 0.25) is 0 Å². The number of hydrogen-bond donors (Lipinski definition) is 1. The number of rotatable bonds is 8. The zero-order valence-corrected chi connectivity index (χ0v) is 18.0. The quantitative estimate of drug-likeness (QED) is 0.472. The second-order valence-corrected chi connectivity index (χ2v) is 8.47. The van der Waals surface area contributed by atoms with E-state index in [0.717, 1.165) is 15.0 Å². The molecule has 28 heavy (non-hydrogen) atoms. The molecule has 2 aromatic carbocycles. The van der Waals surface area contributed by atoms with E-state index < -0.39 is 22.5 Å². The number of halogens is 1. The van der Waals surface area contributed by atoms with Crippen molar-refractivity contribution in [3.8, 4) is 11.5 Å². The molecule has 10 heteroatoms. The maximum atomic E-state index is 12.2. The maximum Gasteiger partial charge on any atom is 0.260 e. The van der Waals surface area contributed by atoms with Gasteiger partial charge in [0, 0.05) is 10.0 Å². The van der Waals surface area contributed by atoms with Gasteiger partial charge in [-0.1, -0.05) is 15.9 Å². The third-order valence-corrected chi connectivity index (χ3v) is 5.30. The first-order valence-corrected chi connectivity index (χ1v) is 10.7. The van der Waals surface area contributed by atoms with Crippen molar-refractivity contribution in [1.29, 1.82) is 0 Å². The monoisotopic (exact) mass is 469 g/mol. The molecule has 0 spiro atoms. The highest BCUT2D eigenvalue weighted by molar-refractivity contribution is 9.10. The van der Waals surface area contributed by atoms with Gasteiger partial charge >= 0.3 is 0 Å². The first kappa shape index (κ1) is 21.7. The summed E-state index contributed by atoms with van der Waals surface area (Å²) >= 11 is 3.29. The Kier molecular flexibility index (Phi) is 7.41. The van der Waals surface area contributed by atoms with Gasteiger partial charge < -0.3 is 9.47 Å². The lowest BCUT2D eigenvalue weighted by Crippen LogP contribution is -2.39. The van der Waals surface area contributed by atoms with Gasteiger partial charge in [-0.05, 0) is 42.5 Å². The van der Waals surface area contributed by atoms with Gasteiger partial charge in [0.25, 0.3) is 5.91 Å². The summed E-state index contributed by atoms with van der Waals surface area (Å²) in [5.41, 5.74) is 3.29. The summed E-state index contributed by atoms with van der Waals surface area (Å²) in [5, 5.41) is 3.88. The van der Waals surface area contributed by atoms with Crippen LogP contribution in [0.3, 0.4) is 0 Å². The van der Waals surface area contributed by atoms with Crippen LogP contribution < -0.4 is 19.2 Å². The number of carbonyl (C=O) groups excluding carboxylic acids is 1. The summed E-state index contributed by atoms with van der Waals surface area (Å²) < 4.78 is 36.3. The topological polar surface area (TPSA) is 97.3 Å². The van der Waals surface area contributed by atoms with Crippen molar-refractivity contribution in [2.45, 2.75) is 0 Å². The summed E-state index contributed by atoms with van der Waals surface area (Å²) in [6, 6.07) is 11.7. The molecule has 1 amide bonds. The number of methoxy groups -OCH3 is 2. The summed E-state index contributed by atoms with van der Waals surface area (Å²) in [6.45, 7) is -0.410. The van der Waals surface area contributed by atoms with Crippen molar-refractivity contribution in [2.75, 3.05) is 31.3 Å². The highest BCUT2D eigenvalue weighted by Gasteiger charge is 2.20. The van der Waals surface area contributed by atoms with E-state index in [1.54, 1.807) is 42.5 Å². The number of hydrogen-bond acceptors (Lipinski definition) is 6. The molecule has 0 unspecified atom stereocenters. The molecular formula is C18H20BrN3O5S. The molecule has 0 bridgehead atoms. The van der Waals surface area contributed by atoms with Crippen molar-refractivity contribution in [1.82, 2.24) is 5.43 Å². The standard InChI is InChI=1S/C18H20BrN3O5S/c1-26-16-8-9-17(27-2)13(10-16)11-20-21-18(23)12-22(28(3,24)25)15-6-4-14(19)5-7-15/h4-11H,12H2,1-3H3,(H,21,23)/b20-11-. The van der Waals surface area contributed by atoms with Gasteiger partial charge in [-0.15, -0.1) is 0 Å². The molecule has 0 radical (unpaired) electrons. The Hall–Kier alpha value is -2.59. The molecule has 2 rings (SSSR count). The molecule has 0 fully saturated rings. The van der Waals surface area contributed by atoms with Gasteiger partial charge in [-0.25, -0.2) is 13.8 Å². The smallest absolute Gasteiger partial charge is 0.260 e. The average Bonchev–Trinajstić information content (AvgIpc) is 2.66. The number of hydrazone groups is 1. The maximum absolute atomic E-state index is 12.2. The number of benzene rings is 2. The van der Waals surface area contributed by atoms with Gasteiger partial charge in [0.05, 0.1) is 32.4 Å². The van der Waals surface area contributed by atoms with Crippen LogP contribution >= 0.6 is 15.9 Å². The highest BCUT2D eigenvalue weighted by Crippen LogP contribution is 2.22. The number of anilines is 1. The predicted octanol–water partition coefficient (Wildman–Crippen LogP) is 2.38. The Morgan fingerprint density at radius 3 is 2.43 bits per heavy atom. The van der Waals surface area contributed by atoms with Crippen molar-refractivity contribution < 1.29 is 22.7 Å². The molecule has 0 aliphatic heterocycles. The SMILES string of the molecule is COc1ccc(OC)c(/C=N\NC(=O)CN(c2ccc(Br)cc2)S(C)(=O)=O)c1. The molecular weight excluding hydrogens is 450 g/mol. The Morgan fingerprint density at radius 1 is 1.18 bits per heavy atom. The summed E-state index contributed by atoms with van der Waals surface area (Å²) in [7, 11) is -0.606. The molecule has 0 aliphatic carbocycles. The minimum atomic E-state index is -3.65. The molecule has 0 heterocycles. The van der Waals surface area contributed by atoms with Crippen LogP contribution in [0, 0.1) is 0 Å². The Labute approximate surface area is 172 Å². The number of amides is 1. The fourth-order valence-corrected chi connectivity index (χ4v) is 3.41. The molecule has 150 valence electrons. The Morgan fingerprint density at radius 2 is 1.86 bits per heavy atom. The summed E-state index contributed by atoms with van der Waals surface area (Å²) in [5.74, 6) is 0.560. The lowest BCUT2D eigenvalue weighted by molar-refractivity contribution is -0.119. The lowest BCUT2D eigenvalue weighted by atomic mass is 10.2. The molecule has 0 aromatic heterocycles. The fourth-order valence-electron chi connectivity index (χ4n) is 2.29. The van der Waals surface area contributed by atoms with E-state index in [0.29, 0.717) is 22.7 Å². The van der Waals surface area contributed by atoms with Crippen LogP contribution in [0.15, 0.2) is 52.0 Å². The van der Waals surface area contributed by atoms with E-state index in [1.165, 1.54) is 20.4 Å². The van der Waals surface area contributed by atoms with Gasteiger partial charge in [-0.3, -0.25) is 9.10 Å². The van der Waals surface area contributed by atoms with Crippen LogP contribution in [0.1, 0.15) is 5.56 Å². The van der Waals surface area contributed by atoms with Gasteiger partial charge in [0.2, 0.25) is 10.0 Å². The van der Waals surface area contributed by atoms with Crippen LogP contribution in [0.5, 0.6) is 11.5 Å². The van der Waals surface area contributed by atoms with Crippen molar-refractivity contribution in [3.63, 3.8) is 0 Å². The van der Waals surface area contributed by atoms with Gasteiger partial charge in [0.15, 0.2) is 0 Å². The number of carbonyl (C=O) groups is 1. The van der Waals surface area contributed by atoms with Gasteiger partial charge in [-0.2, -0.15) is 5.10 Å². The summed E-state index contributed by atoms with van der Waals surface area (Å²) in [6.07, 6.45) is 2.43. The highest BCUT2D eigenvalue weighted by atomic mass is 79.9. The average molecular weight is 470 g/mol. The molecule has 0 saturated carbocycles. The molecule has 0 atom stereocenters. The van der Waals surface area contributed by atoms with Crippen LogP contribution in [-0.4, -0.2) is 47.6 Å². The minimum Gasteiger partial charge on any atom is -0.497 e. The first-order chi connectivity index (χ1) is 13.2.